The van der Waals surface area contributed by atoms with E-state index in [4.69, 9.17) is 4.42 Å². The molecule has 2 aromatic rings. The molecule has 1 N–H and O–H groups in total. The van der Waals surface area contributed by atoms with Gasteiger partial charge in [0.1, 0.15) is 5.76 Å². The Balaban J connectivity index is 1.76. The lowest BCUT2D eigenvalue weighted by Crippen LogP contribution is -2.37. The number of hydrogen-bond acceptors (Lipinski definition) is 4. The summed E-state index contributed by atoms with van der Waals surface area (Å²) in [5, 5.41) is 6.58. The van der Waals surface area contributed by atoms with Crippen molar-refractivity contribution in [2.75, 3.05) is 13.6 Å². The third-order valence-electron chi connectivity index (χ3n) is 2.76. The number of amides is 2. The zero-order valence-corrected chi connectivity index (χ0v) is 12.4. The van der Waals surface area contributed by atoms with Crippen molar-refractivity contribution in [2.45, 2.75) is 6.54 Å². The van der Waals surface area contributed by atoms with Gasteiger partial charge in [0, 0.05) is 13.1 Å². The second-order valence-corrected chi connectivity index (χ2v) is 5.22. The Labute approximate surface area is 126 Å². The van der Waals surface area contributed by atoms with Crippen LogP contribution in [0.2, 0.25) is 0 Å². The Bertz CT molecular complexity index is 603. The van der Waals surface area contributed by atoms with Gasteiger partial charge in [-0.2, -0.15) is 11.3 Å². The monoisotopic (exact) mass is 304 g/mol. The molecule has 0 aliphatic carbocycles. The molecule has 0 radical (unpaired) electrons. The molecule has 6 heteroatoms. The highest BCUT2D eigenvalue weighted by Crippen LogP contribution is 2.07. The molecule has 2 amide bonds. The van der Waals surface area contributed by atoms with Gasteiger partial charge in [-0.1, -0.05) is 0 Å². The second-order valence-electron chi connectivity index (χ2n) is 4.44. The van der Waals surface area contributed by atoms with Gasteiger partial charge in [0.15, 0.2) is 0 Å². The number of carbonyl (C=O) groups excluding carboxylic acids is 2. The lowest BCUT2D eigenvalue weighted by atomic mass is 10.3. The van der Waals surface area contributed by atoms with Crippen LogP contribution in [-0.2, 0) is 16.1 Å². The molecular weight excluding hydrogens is 288 g/mol. The molecule has 2 aromatic heterocycles. The summed E-state index contributed by atoms with van der Waals surface area (Å²) < 4.78 is 5.11. The average Bonchev–Trinajstić information content (AvgIpc) is 3.15. The van der Waals surface area contributed by atoms with Gasteiger partial charge in [0.05, 0.1) is 19.4 Å². The molecule has 110 valence electrons. The molecule has 2 heterocycles. The van der Waals surface area contributed by atoms with Crippen molar-refractivity contribution < 1.29 is 14.0 Å². The molecule has 5 nitrogen and oxygen atoms in total. The highest BCUT2D eigenvalue weighted by atomic mass is 32.1. The van der Waals surface area contributed by atoms with Gasteiger partial charge in [-0.05, 0) is 40.6 Å². The predicted octanol–water partition coefficient (Wildman–Crippen LogP) is 2.13. The van der Waals surface area contributed by atoms with Crippen LogP contribution >= 0.6 is 11.3 Å². The first-order valence-corrected chi connectivity index (χ1v) is 7.34. The smallest absolute Gasteiger partial charge is 0.246 e. The molecule has 0 saturated carbocycles. The number of hydrogen-bond donors (Lipinski definition) is 1. The minimum atomic E-state index is -0.230. The quantitative estimate of drug-likeness (QED) is 0.832. The van der Waals surface area contributed by atoms with Crippen LogP contribution in [0.4, 0.5) is 0 Å². The van der Waals surface area contributed by atoms with E-state index in [0.717, 1.165) is 5.56 Å². The molecule has 0 spiro atoms. The number of likely N-dealkylation sites (N-methyl/N-ethyl adjacent to an activating group) is 1. The summed E-state index contributed by atoms with van der Waals surface area (Å²) in [6, 6.07) is 5.45. The average molecular weight is 304 g/mol. The highest BCUT2D eigenvalue weighted by molar-refractivity contribution is 7.08. The van der Waals surface area contributed by atoms with E-state index in [1.54, 1.807) is 42.9 Å². The fourth-order valence-electron chi connectivity index (χ4n) is 1.61. The maximum Gasteiger partial charge on any atom is 0.246 e. The molecule has 0 aliphatic rings. The van der Waals surface area contributed by atoms with Crippen molar-refractivity contribution in [3.63, 3.8) is 0 Å². The van der Waals surface area contributed by atoms with Crippen molar-refractivity contribution >= 4 is 29.2 Å². The molecule has 0 aliphatic heterocycles. The van der Waals surface area contributed by atoms with Gasteiger partial charge in [-0.15, -0.1) is 0 Å². The summed E-state index contributed by atoms with van der Waals surface area (Å²) in [6.07, 6.45) is 4.74. The van der Waals surface area contributed by atoms with Gasteiger partial charge in [-0.25, -0.2) is 0 Å². The van der Waals surface area contributed by atoms with Gasteiger partial charge < -0.3 is 14.6 Å². The van der Waals surface area contributed by atoms with Crippen LogP contribution in [0.15, 0.2) is 45.7 Å². The van der Waals surface area contributed by atoms with Crippen molar-refractivity contribution in [2.24, 2.45) is 0 Å². The Morgan fingerprint density at radius 3 is 2.95 bits per heavy atom. The van der Waals surface area contributed by atoms with E-state index in [9.17, 15) is 9.59 Å². The summed E-state index contributed by atoms with van der Waals surface area (Å²) in [5.41, 5.74) is 0.976. The molecular formula is C15H16N2O3S. The lowest BCUT2D eigenvalue weighted by molar-refractivity contribution is -0.131. The van der Waals surface area contributed by atoms with Crippen LogP contribution in [0.25, 0.3) is 6.08 Å². The summed E-state index contributed by atoms with van der Waals surface area (Å²) in [6.45, 7) is 0.326. The van der Waals surface area contributed by atoms with E-state index in [2.05, 4.69) is 5.32 Å². The van der Waals surface area contributed by atoms with Gasteiger partial charge in [-0.3, -0.25) is 9.59 Å². The molecule has 21 heavy (non-hydrogen) atoms. The van der Waals surface area contributed by atoms with Gasteiger partial charge >= 0.3 is 0 Å². The number of carbonyl (C=O) groups is 2. The van der Waals surface area contributed by atoms with E-state index in [-0.39, 0.29) is 18.4 Å². The number of rotatable bonds is 6. The van der Waals surface area contributed by atoms with Crippen LogP contribution < -0.4 is 5.32 Å². The Morgan fingerprint density at radius 2 is 2.29 bits per heavy atom. The molecule has 0 atom stereocenters. The van der Waals surface area contributed by atoms with E-state index in [1.807, 2.05) is 16.8 Å². The standard InChI is InChI=1S/C15H16N2O3S/c1-17(15(19)5-4-12-6-8-21-11-12)10-14(18)16-9-13-3-2-7-20-13/h2-8,11H,9-10H2,1H3,(H,16,18)/b5-4+. The molecule has 0 bridgehead atoms. The maximum atomic E-state index is 11.9. The molecule has 0 aromatic carbocycles. The third-order valence-corrected chi connectivity index (χ3v) is 3.46. The SMILES string of the molecule is CN(CC(=O)NCc1ccco1)C(=O)/C=C/c1ccsc1. The maximum absolute atomic E-state index is 11.9. The highest BCUT2D eigenvalue weighted by Gasteiger charge is 2.10. The zero-order valence-electron chi connectivity index (χ0n) is 11.6. The first-order chi connectivity index (χ1) is 10.1. The number of nitrogens with one attached hydrogen (secondary N) is 1. The molecule has 0 saturated heterocycles. The third kappa shape index (κ3) is 4.92. The van der Waals surface area contributed by atoms with Crippen LogP contribution in [0.3, 0.4) is 0 Å². The van der Waals surface area contributed by atoms with E-state index in [0.29, 0.717) is 12.3 Å². The Kier molecular flexibility index (Phi) is 5.34. The normalized spacial score (nSPS) is 10.7. The van der Waals surface area contributed by atoms with Gasteiger partial charge in [0.25, 0.3) is 0 Å². The van der Waals surface area contributed by atoms with Crippen molar-refractivity contribution in [1.29, 1.82) is 0 Å². The van der Waals surface area contributed by atoms with Crippen LogP contribution in [0.1, 0.15) is 11.3 Å². The first kappa shape index (κ1) is 15.1. The largest absolute Gasteiger partial charge is 0.467 e. The van der Waals surface area contributed by atoms with E-state index < -0.39 is 0 Å². The van der Waals surface area contributed by atoms with Crippen molar-refractivity contribution in [3.8, 4) is 0 Å². The summed E-state index contributed by atoms with van der Waals surface area (Å²) in [4.78, 5) is 24.9. The van der Waals surface area contributed by atoms with Crippen LogP contribution in [0.5, 0.6) is 0 Å². The number of nitrogens with zero attached hydrogens (tertiary/aromatic N) is 1. The van der Waals surface area contributed by atoms with Gasteiger partial charge in [0.2, 0.25) is 11.8 Å². The Hall–Kier alpha value is -2.34. The van der Waals surface area contributed by atoms with E-state index >= 15 is 0 Å². The zero-order chi connectivity index (χ0) is 15.1. The topological polar surface area (TPSA) is 62.6 Å². The second kappa shape index (κ2) is 7.44. The lowest BCUT2D eigenvalue weighted by Gasteiger charge is -2.14. The fourth-order valence-corrected chi connectivity index (χ4v) is 2.24. The molecule has 0 fully saturated rings. The van der Waals surface area contributed by atoms with Crippen molar-refractivity contribution in [1.82, 2.24) is 10.2 Å². The Morgan fingerprint density at radius 1 is 1.43 bits per heavy atom. The number of thiophene rings is 1. The predicted molar refractivity (Wildman–Crippen MR) is 81.5 cm³/mol. The van der Waals surface area contributed by atoms with Crippen LogP contribution in [-0.4, -0.2) is 30.3 Å². The minimum Gasteiger partial charge on any atom is -0.467 e. The first-order valence-electron chi connectivity index (χ1n) is 6.39. The van der Waals surface area contributed by atoms with Crippen LogP contribution in [0, 0.1) is 0 Å². The molecule has 0 unspecified atom stereocenters. The number of furan rings is 1. The molecule has 2 rings (SSSR count). The van der Waals surface area contributed by atoms with E-state index in [1.165, 1.54) is 11.0 Å². The summed E-state index contributed by atoms with van der Waals surface area (Å²) in [7, 11) is 1.59. The summed E-state index contributed by atoms with van der Waals surface area (Å²) in [5.74, 6) is 0.232. The van der Waals surface area contributed by atoms with Crippen molar-refractivity contribution in [3.05, 3.63) is 52.6 Å². The fraction of sp³-hybridized carbons (Fsp3) is 0.200. The summed E-state index contributed by atoms with van der Waals surface area (Å²) >= 11 is 1.57. The minimum absolute atomic E-state index is 0.00746.